The smallest absolute Gasteiger partial charge is 0.314 e. The van der Waals surface area contributed by atoms with Gasteiger partial charge in [0.05, 0.1) is 4.90 Å². The number of sulfonamides is 1. The molecule has 6 nitrogen and oxygen atoms in total. The average Bonchev–Trinajstić information content (AvgIpc) is 2.41. The molecular formula is C14H23N3O3S. The van der Waals surface area contributed by atoms with Gasteiger partial charge in [0.15, 0.2) is 0 Å². The van der Waals surface area contributed by atoms with Gasteiger partial charge in [-0.2, -0.15) is 0 Å². The number of hydrogen-bond acceptors (Lipinski definition) is 3. The molecule has 0 spiro atoms. The Morgan fingerprint density at radius 2 is 1.81 bits per heavy atom. The Hall–Kier alpha value is -1.60. The predicted molar refractivity (Wildman–Crippen MR) is 82.4 cm³/mol. The standard InChI is InChI=1S/C14H23N3O3S/c1-11(2)10-17-14(18)16-9-3-4-12-5-7-13(8-6-12)21(15,19)20/h5-8,11H,3-4,9-10H2,1-2H3,(H2,15,19,20)(H2,16,17,18). The number of hydrogen-bond donors (Lipinski definition) is 3. The molecule has 21 heavy (non-hydrogen) atoms. The Labute approximate surface area is 126 Å². The molecule has 0 aliphatic rings. The molecule has 0 aliphatic heterocycles. The van der Waals surface area contributed by atoms with E-state index in [1.165, 1.54) is 12.1 Å². The fraction of sp³-hybridized carbons (Fsp3) is 0.500. The Morgan fingerprint density at radius 1 is 1.19 bits per heavy atom. The second-order valence-electron chi connectivity index (χ2n) is 5.32. The van der Waals surface area contributed by atoms with Crippen LogP contribution in [0.1, 0.15) is 25.8 Å². The summed E-state index contributed by atoms with van der Waals surface area (Å²) < 4.78 is 22.2. The van der Waals surface area contributed by atoms with E-state index >= 15 is 0 Å². The number of primary sulfonamides is 1. The number of aryl methyl sites for hydroxylation is 1. The first-order chi connectivity index (χ1) is 9.79. The molecule has 1 rings (SSSR count). The summed E-state index contributed by atoms with van der Waals surface area (Å²) in [7, 11) is -3.63. The molecule has 0 atom stereocenters. The van der Waals surface area contributed by atoms with Crippen molar-refractivity contribution in [2.75, 3.05) is 13.1 Å². The summed E-state index contributed by atoms with van der Waals surface area (Å²) in [6.45, 7) is 5.29. The molecule has 0 saturated carbocycles. The normalized spacial score (nSPS) is 11.4. The summed E-state index contributed by atoms with van der Waals surface area (Å²) in [6.07, 6.45) is 1.54. The fourth-order valence-corrected chi connectivity index (χ4v) is 2.21. The number of nitrogens with one attached hydrogen (secondary N) is 2. The maximum atomic E-state index is 11.4. The van der Waals surface area contributed by atoms with E-state index in [1.54, 1.807) is 12.1 Å². The molecule has 1 aromatic rings. The number of urea groups is 1. The van der Waals surface area contributed by atoms with Crippen molar-refractivity contribution in [1.29, 1.82) is 0 Å². The minimum absolute atomic E-state index is 0.109. The van der Waals surface area contributed by atoms with E-state index in [9.17, 15) is 13.2 Å². The fourth-order valence-electron chi connectivity index (χ4n) is 1.70. The quantitative estimate of drug-likeness (QED) is 0.660. The first kappa shape index (κ1) is 17.5. The van der Waals surface area contributed by atoms with E-state index in [0.29, 0.717) is 19.0 Å². The molecule has 0 unspecified atom stereocenters. The SMILES string of the molecule is CC(C)CNC(=O)NCCCc1ccc(S(N)(=O)=O)cc1. The lowest BCUT2D eigenvalue weighted by molar-refractivity contribution is 0.239. The van der Waals surface area contributed by atoms with Crippen molar-refractivity contribution in [1.82, 2.24) is 10.6 Å². The molecular weight excluding hydrogens is 290 g/mol. The van der Waals surface area contributed by atoms with Gasteiger partial charge >= 0.3 is 6.03 Å². The molecule has 0 radical (unpaired) electrons. The van der Waals surface area contributed by atoms with Crippen molar-refractivity contribution in [3.8, 4) is 0 Å². The van der Waals surface area contributed by atoms with Crippen LogP contribution >= 0.6 is 0 Å². The van der Waals surface area contributed by atoms with Gasteiger partial charge in [-0.25, -0.2) is 18.4 Å². The molecule has 2 amide bonds. The van der Waals surface area contributed by atoms with Crippen molar-refractivity contribution < 1.29 is 13.2 Å². The Kier molecular flexibility index (Phi) is 6.64. The van der Waals surface area contributed by atoms with Crippen LogP contribution in [0.2, 0.25) is 0 Å². The second kappa shape index (κ2) is 7.99. The highest BCUT2D eigenvalue weighted by atomic mass is 32.2. The topological polar surface area (TPSA) is 101 Å². The number of carbonyl (C=O) groups is 1. The van der Waals surface area contributed by atoms with Crippen LogP contribution in [0, 0.1) is 5.92 Å². The van der Waals surface area contributed by atoms with E-state index < -0.39 is 10.0 Å². The zero-order valence-electron chi connectivity index (χ0n) is 12.4. The lowest BCUT2D eigenvalue weighted by atomic mass is 10.1. The van der Waals surface area contributed by atoms with E-state index in [0.717, 1.165) is 18.4 Å². The largest absolute Gasteiger partial charge is 0.338 e. The predicted octanol–water partition coefficient (Wildman–Crippen LogP) is 1.22. The third kappa shape index (κ3) is 7.10. The van der Waals surface area contributed by atoms with Gasteiger partial charge < -0.3 is 10.6 Å². The van der Waals surface area contributed by atoms with Gasteiger partial charge in [-0.1, -0.05) is 26.0 Å². The zero-order chi connectivity index (χ0) is 15.9. The van der Waals surface area contributed by atoms with Gasteiger partial charge in [0.1, 0.15) is 0 Å². The van der Waals surface area contributed by atoms with Crippen molar-refractivity contribution in [3.05, 3.63) is 29.8 Å². The van der Waals surface area contributed by atoms with Crippen LogP contribution in [0.5, 0.6) is 0 Å². The molecule has 7 heteroatoms. The van der Waals surface area contributed by atoms with Crippen molar-refractivity contribution in [2.45, 2.75) is 31.6 Å². The summed E-state index contributed by atoms with van der Waals surface area (Å²) in [6, 6.07) is 6.30. The highest BCUT2D eigenvalue weighted by Gasteiger charge is 2.06. The lowest BCUT2D eigenvalue weighted by Gasteiger charge is -2.09. The molecule has 0 bridgehead atoms. The summed E-state index contributed by atoms with van der Waals surface area (Å²) in [5, 5.41) is 10.6. The Morgan fingerprint density at radius 3 is 2.33 bits per heavy atom. The van der Waals surface area contributed by atoms with Gasteiger partial charge in [-0.3, -0.25) is 0 Å². The maximum Gasteiger partial charge on any atom is 0.314 e. The second-order valence-corrected chi connectivity index (χ2v) is 6.88. The third-order valence-electron chi connectivity index (χ3n) is 2.85. The monoisotopic (exact) mass is 313 g/mol. The number of amides is 2. The Bertz CT molecular complexity index is 553. The van der Waals surface area contributed by atoms with Crippen LogP contribution in [-0.2, 0) is 16.4 Å². The highest BCUT2D eigenvalue weighted by molar-refractivity contribution is 7.89. The number of nitrogens with two attached hydrogens (primary N) is 1. The van der Waals surface area contributed by atoms with Crippen molar-refractivity contribution in [3.63, 3.8) is 0 Å². The van der Waals surface area contributed by atoms with Crippen LogP contribution in [0.4, 0.5) is 4.79 Å². The minimum atomic E-state index is -3.63. The van der Waals surface area contributed by atoms with Gasteiger partial charge in [-0.15, -0.1) is 0 Å². The maximum absolute atomic E-state index is 11.4. The third-order valence-corrected chi connectivity index (χ3v) is 3.78. The average molecular weight is 313 g/mol. The van der Waals surface area contributed by atoms with Crippen LogP contribution in [0.25, 0.3) is 0 Å². The molecule has 0 heterocycles. The Balaban J connectivity index is 2.29. The van der Waals surface area contributed by atoms with Crippen LogP contribution in [0.15, 0.2) is 29.2 Å². The summed E-state index contributed by atoms with van der Waals surface area (Å²) in [5.41, 5.74) is 1.01. The van der Waals surface area contributed by atoms with Gasteiger partial charge in [0, 0.05) is 13.1 Å². The highest BCUT2D eigenvalue weighted by Crippen LogP contribution is 2.09. The van der Waals surface area contributed by atoms with E-state index in [1.807, 2.05) is 13.8 Å². The van der Waals surface area contributed by atoms with E-state index in [-0.39, 0.29) is 10.9 Å². The lowest BCUT2D eigenvalue weighted by Crippen LogP contribution is -2.37. The number of carbonyl (C=O) groups excluding carboxylic acids is 1. The minimum Gasteiger partial charge on any atom is -0.338 e. The number of benzene rings is 1. The molecule has 0 aromatic heterocycles. The van der Waals surface area contributed by atoms with Gasteiger partial charge in [0.25, 0.3) is 0 Å². The van der Waals surface area contributed by atoms with E-state index in [4.69, 9.17) is 5.14 Å². The van der Waals surface area contributed by atoms with Crippen molar-refractivity contribution in [2.24, 2.45) is 11.1 Å². The van der Waals surface area contributed by atoms with Crippen LogP contribution < -0.4 is 15.8 Å². The molecule has 0 aliphatic carbocycles. The summed E-state index contributed by atoms with van der Waals surface area (Å²) in [4.78, 5) is 11.5. The first-order valence-corrected chi connectivity index (χ1v) is 8.47. The van der Waals surface area contributed by atoms with Crippen LogP contribution in [-0.4, -0.2) is 27.5 Å². The molecule has 0 saturated heterocycles. The number of rotatable bonds is 7. The molecule has 1 aromatic carbocycles. The summed E-state index contributed by atoms with van der Waals surface area (Å²) >= 11 is 0. The molecule has 0 fully saturated rings. The zero-order valence-corrected chi connectivity index (χ0v) is 13.2. The molecule has 4 N–H and O–H groups in total. The van der Waals surface area contributed by atoms with Gasteiger partial charge in [0.2, 0.25) is 10.0 Å². The van der Waals surface area contributed by atoms with Crippen molar-refractivity contribution >= 4 is 16.1 Å². The van der Waals surface area contributed by atoms with Gasteiger partial charge in [-0.05, 0) is 36.5 Å². The van der Waals surface area contributed by atoms with E-state index in [2.05, 4.69) is 10.6 Å². The first-order valence-electron chi connectivity index (χ1n) is 6.92. The summed E-state index contributed by atoms with van der Waals surface area (Å²) in [5.74, 6) is 0.424. The molecule has 118 valence electrons. The van der Waals surface area contributed by atoms with Crippen LogP contribution in [0.3, 0.4) is 0 Å².